The first kappa shape index (κ1) is 32.2. The van der Waals surface area contributed by atoms with Gasteiger partial charge >= 0.3 is 13.7 Å². The average molecular weight is 619 g/mol. The summed E-state index contributed by atoms with van der Waals surface area (Å²) in [4.78, 5) is 19.4. The van der Waals surface area contributed by atoms with E-state index in [0.717, 1.165) is 12.8 Å². The summed E-state index contributed by atoms with van der Waals surface area (Å²) in [6, 6.07) is 10.0. The summed E-state index contributed by atoms with van der Waals surface area (Å²) < 4.78 is 38.0. The molecule has 0 spiro atoms. The highest BCUT2D eigenvalue weighted by Crippen LogP contribution is 2.49. The summed E-state index contributed by atoms with van der Waals surface area (Å²) in [7, 11) is -4.45. The summed E-state index contributed by atoms with van der Waals surface area (Å²) >= 11 is 0. The molecule has 16 nitrogen and oxygen atoms in total. The minimum absolute atomic E-state index is 0.136. The smallest absolute Gasteiger partial charge is 0.459 e. The van der Waals surface area contributed by atoms with Crippen LogP contribution in [-0.2, 0) is 23.4 Å². The van der Waals surface area contributed by atoms with Gasteiger partial charge in [0.25, 0.3) is 0 Å². The number of carbonyl (C=O) groups excluding carboxylic acids is 1. The molecule has 1 aliphatic rings. The number of aromatic nitrogens is 3. The monoisotopic (exact) mass is 618 g/mol. The van der Waals surface area contributed by atoms with Gasteiger partial charge in [-0.1, -0.05) is 50.0 Å². The van der Waals surface area contributed by atoms with Crippen LogP contribution in [0.4, 0.5) is 5.82 Å². The number of rotatable bonds is 14. The maximum atomic E-state index is 14.0. The van der Waals surface area contributed by atoms with Crippen molar-refractivity contribution in [2.24, 2.45) is 11.0 Å². The third kappa shape index (κ3) is 7.08. The van der Waals surface area contributed by atoms with Crippen LogP contribution in [-0.4, -0.2) is 68.0 Å². The molecule has 0 amide bonds. The Labute approximate surface area is 247 Å². The first-order valence-electron chi connectivity index (χ1n) is 13.7. The number of azide groups is 1. The van der Waals surface area contributed by atoms with E-state index in [9.17, 15) is 25.1 Å². The second kappa shape index (κ2) is 13.7. The van der Waals surface area contributed by atoms with Crippen LogP contribution in [0.2, 0.25) is 0 Å². The maximum Gasteiger partial charge on any atom is 0.459 e. The molecule has 0 radical (unpaired) electrons. The molecule has 43 heavy (non-hydrogen) atoms. The molecule has 5 N–H and O–H groups in total. The normalized spacial score (nSPS) is 23.9. The largest absolute Gasteiger partial charge is 0.464 e. The molecule has 0 bridgehead atoms. The van der Waals surface area contributed by atoms with Gasteiger partial charge in [0.1, 0.15) is 41.9 Å². The number of benzene rings is 1. The fourth-order valence-electron chi connectivity index (χ4n) is 4.55. The fourth-order valence-corrected chi connectivity index (χ4v) is 6.06. The number of hydrogen-bond acceptors (Lipinski definition) is 12. The van der Waals surface area contributed by atoms with E-state index >= 15 is 0 Å². The summed E-state index contributed by atoms with van der Waals surface area (Å²) in [5, 5.41) is 32.3. The van der Waals surface area contributed by atoms with E-state index in [4.69, 9.17) is 24.3 Å². The van der Waals surface area contributed by atoms with Gasteiger partial charge in [0.15, 0.2) is 11.5 Å². The number of nitrogens with zero attached hydrogens (tertiary/aromatic N) is 6. The summed E-state index contributed by atoms with van der Waals surface area (Å²) in [6.45, 7) is 4.74. The van der Waals surface area contributed by atoms with Crippen molar-refractivity contribution in [1.29, 1.82) is 0 Å². The highest BCUT2D eigenvalue weighted by molar-refractivity contribution is 7.52. The number of hydrogen-bond donors (Lipinski definition) is 4. The van der Waals surface area contributed by atoms with Crippen molar-refractivity contribution < 1.29 is 38.1 Å². The van der Waals surface area contributed by atoms with E-state index in [-0.39, 0.29) is 29.8 Å². The number of aliphatic hydroxyl groups is 2. The van der Waals surface area contributed by atoms with Crippen molar-refractivity contribution in [1.82, 2.24) is 19.7 Å². The third-order valence-corrected chi connectivity index (χ3v) is 8.80. The Morgan fingerprint density at radius 3 is 2.67 bits per heavy atom. The van der Waals surface area contributed by atoms with Gasteiger partial charge in [0.2, 0.25) is 0 Å². The molecule has 17 heteroatoms. The predicted octanol–water partition coefficient (Wildman–Crippen LogP) is 3.27. The Hall–Kier alpha value is -3.75. The molecule has 6 atom stereocenters. The molecule has 1 saturated heterocycles. The van der Waals surface area contributed by atoms with Crippen LogP contribution in [0, 0.1) is 5.92 Å². The lowest BCUT2D eigenvalue weighted by Crippen LogP contribution is -2.45. The summed E-state index contributed by atoms with van der Waals surface area (Å²) in [6.07, 6.45) is -1.91. The molecule has 1 fully saturated rings. The number of fused-ring (bicyclic) bond motifs is 1. The van der Waals surface area contributed by atoms with Gasteiger partial charge in [-0.25, -0.2) is 14.1 Å². The average Bonchev–Trinajstić information content (AvgIpc) is 3.53. The third-order valence-electron chi connectivity index (χ3n) is 7.17. The number of anilines is 1. The topological polar surface area (TPSA) is 229 Å². The van der Waals surface area contributed by atoms with Crippen molar-refractivity contribution in [3.05, 3.63) is 64.9 Å². The van der Waals surface area contributed by atoms with Gasteiger partial charge in [0, 0.05) is 4.91 Å². The van der Waals surface area contributed by atoms with Gasteiger partial charge in [-0.05, 0) is 42.6 Å². The van der Waals surface area contributed by atoms with Gasteiger partial charge in [0.05, 0.1) is 18.9 Å². The Balaban J connectivity index is 1.58. The van der Waals surface area contributed by atoms with Gasteiger partial charge < -0.3 is 29.9 Å². The molecule has 3 heterocycles. The fraction of sp³-hybridized carbons (Fsp3) is 0.500. The predicted molar refractivity (Wildman–Crippen MR) is 153 cm³/mol. The lowest BCUT2D eigenvalue weighted by Gasteiger charge is -2.29. The van der Waals surface area contributed by atoms with Crippen LogP contribution >= 0.6 is 7.75 Å². The molecule has 0 saturated carbocycles. The molecule has 2 aromatic heterocycles. The molecular weight excluding hydrogens is 583 g/mol. The zero-order valence-corrected chi connectivity index (χ0v) is 24.8. The lowest BCUT2D eigenvalue weighted by atomic mass is 10.0. The number of para-hydroxylation sites is 1. The Bertz CT molecular complexity index is 1500. The van der Waals surface area contributed by atoms with Crippen LogP contribution in [0.5, 0.6) is 5.75 Å². The highest BCUT2D eigenvalue weighted by atomic mass is 31.2. The zero-order chi connectivity index (χ0) is 31.2. The Kier molecular flexibility index (Phi) is 10.2. The summed E-state index contributed by atoms with van der Waals surface area (Å²) in [5.74, 6) is -0.219. The molecule has 0 aliphatic carbocycles. The highest BCUT2D eigenvalue weighted by Gasteiger charge is 2.56. The molecule has 232 valence electrons. The van der Waals surface area contributed by atoms with E-state index < -0.39 is 50.4 Å². The SMILES string of the molecule is CCC(CC)COC(=O)[C@H](C)NP(=O)(OC[C@@]1(N=[N+]=[N-])O[C@@H](c2ccc3c(N)ncnn23)[C@H](O)[C@@H]1O)Oc1ccccc1. The van der Waals surface area contributed by atoms with Gasteiger partial charge in [-0.15, -0.1) is 0 Å². The second-order valence-electron chi connectivity index (χ2n) is 10.0. The first-order valence-corrected chi connectivity index (χ1v) is 15.2. The number of carbonyl (C=O) groups is 1. The van der Waals surface area contributed by atoms with Crippen LogP contribution in [0.3, 0.4) is 0 Å². The van der Waals surface area contributed by atoms with Crippen molar-refractivity contribution in [2.45, 2.75) is 63.7 Å². The number of nitrogens with one attached hydrogen (secondary N) is 1. The van der Waals surface area contributed by atoms with E-state index in [0.29, 0.717) is 5.52 Å². The zero-order valence-electron chi connectivity index (χ0n) is 23.9. The lowest BCUT2D eigenvalue weighted by molar-refractivity contribution is -0.146. The minimum atomic E-state index is -4.45. The number of esters is 1. The van der Waals surface area contributed by atoms with Crippen LogP contribution in [0.25, 0.3) is 16.0 Å². The maximum absolute atomic E-state index is 14.0. The number of nitrogens with two attached hydrogens (primary N) is 1. The first-order chi connectivity index (χ1) is 20.6. The summed E-state index contributed by atoms with van der Waals surface area (Å²) in [5.41, 5.74) is 13.7. The van der Waals surface area contributed by atoms with Crippen LogP contribution < -0.4 is 15.3 Å². The quantitative estimate of drug-likeness (QED) is 0.0671. The van der Waals surface area contributed by atoms with Crippen molar-refractivity contribution >= 4 is 25.1 Å². The Morgan fingerprint density at radius 2 is 2.00 bits per heavy atom. The van der Waals surface area contributed by atoms with Crippen LogP contribution in [0.1, 0.15) is 45.4 Å². The molecule has 3 aromatic rings. The van der Waals surface area contributed by atoms with Gasteiger partial charge in [-0.3, -0.25) is 9.32 Å². The second-order valence-corrected chi connectivity index (χ2v) is 11.7. The van der Waals surface area contributed by atoms with Crippen molar-refractivity contribution in [3.8, 4) is 5.75 Å². The molecule has 1 aliphatic heterocycles. The molecule has 1 unspecified atom stereocenters. The van der Waals surface area contributed by atoms with E-state index in [1.807, 2.05) is 13.8 Å². The number of nitrogen functional groups attached to an aromatic ring is 1. The van der Waals surface area contributed by atoms with Crippen molar-refractivity contribution in [3.63, 3.8) is 0 Å². The van der Waals surface area contributed by atoms with Crippen LogP contribution in [0.15, 0.2) is 53.9 Å². The van der Waals surface area contributed by atoms with Crippen molar-refractivity contribution in [2.75, 3.05) is 18.9 Å². The molecule has 4 rings (SSSR count). The van der Waals surface area contributed by atoms with E-state index in [1.54, 1.807) is 30.3 Å². The standard InChI is InChI=1S/C26H35N8O8P/c1-4-17(5-2)13-39-25(37)16(3)31-43(38,42-18-9-7-6-8-10-18)40-14-26(32-33-28)23(36)21(35)22(41-26)19-11-12-20-24(27)29-15-30-34(19)20/h6-12,15-17,21-23,35-36H,4-5,13-14H2,1-3H3,(H,31,38)(H2,27,29,30)/t16-,21-,22-,23-,26+,43?/m0/s1. The Morgan fingerprint density at radius 1 is 1.28 bits per heavy atom. The van der Waals surface area contributed by atoms with E-state index in [2.05, 4.69) is 25.2 Å². The van der Waals surface area contributed by atoms with Gasteiger partial charge in [-0.2, -0.15) is 10.2 Å². The number of ether oxygens (including phenoxy) is 2. The minimum Gasteiger partial charge on any atom is -0.464 e. The molecular formula is C26H35N8O8P. The number of aliphatic hydroxyl groups excluding tert-OH is 2. The molecule has 1 aromatic carbocycles. The van der Waals surface area contributed by atoms with E-state index in [1.165, 1.54) is 29.9 Å².